The Labute approximate surface area is 280 Å². The summed E-state index contributed by atoms with van der Waals surface area (Å²) in [6.45, 7) is 12.3. The zero-order valence-electron chi connectivity index (χ0n) is 30.3. The van der Waals surface area contributed by atoms with E-state index < -0.39 is 17.3 Å². The number of unbranched alkanes of at least 4 members (excludes halogenated alkanes) is 13. The lowest BCUT2D eigenvalue weighted by molar-refractivity contribution is -0.304. The van der Waals surface area contributed by atoms with Crippen molar-refractivity contribution < 1.29 is 28.6 Å². The highest BCUT2D eigenvalue weighted by Crippen LogP contribution is 2.34. The molecule has 0 aromatic carbocycles. The van der Waals surface area contributed by atoms with Crippen molar-refractivity contribution in [2.24, 2.45) is 5.41 Å². The molecule has 2 unspecified atom stereocenters. The van der Waals surface area contributed by atoms with E-state index in [9.17, 15) is 14.4 Å². The molecular weight excluding hydrogens is 582 g/mol. The molecule has 0 aromatic heterocycles. The standard InChI is InChI=1S/C37H69N3O6/c1-7-8-9-10-11-12-13-14-15-16-17-18-19-20-23-29(2)39-35(43)40-30-24-21-22-25-31(30)45-32(41)26-27-38-34(42)33-36(3,4)28-44-37(5,6)46-33/h29-31,33H,7-28H2,1-6H3,(H,38,42)(H2,39,40,43)/t29?,30-,31-,33?/m0/s1. The van der Waals surface area contributed by atoms with Crippen molar-refractivity contribution in [3.63, 3.8) is 0 Å². The predicted molar refractivity (Wildman–Crippen MR) is 185 cm³/mol. The van der Waals surface area contributed by atoms with Gasteiger partial charge >= 0.3 is 12.0 Å². The number of ether oxygens (including phenoxy) is 3. The molecular formula is C37H69N3O6. The maximum atomic E-state index is 12.8. The molecule has 9 heteroatoms. The molecule has 2 fully saturated rings. The van der Waals surface area contributed by atoms with Crippen molar-refractivity contribution in [3.05, 3.63) is 0 Å². The molecule has 1 aliphatic heterocycles. The van der Waals surface area contributed by atoms with E-state index in [-0.39, 0.29) is 49.1 Å². The van der Waals surface area contributed by atoms with Gasteiger partial charge in [0.05, 0.1) is 19.1 Å². The Morgan fingerprint density at radius 1 is 0.826 bits per heavy atom. The normalized spacial score (nSPS) is 22.9. The van der Waals surface area contributed by atoms with Gasteiger partial charge in [0.15, 0.2) is 5.79 Å². The van der Waals surface area contributed by atoms with Gasteiger partial charge in [-0.05, 0) is 46.5 Å². The molecule has 1 aliphatic carbocycles. The maximum Gasteiger partial charge on any atom is 0.315 e. The summed E-state index contributed by atoms with van der Waals surface area (Å²) in [6, 6.07) is -0.305. The van der Waals surface area contributed by atoms with E-state index in [0.29, 0.717) is 6.61 Å². The van der Waals surface area contributed by atoms with Crippen LogP contribution in [0.1, 0.15) is 170 Å². The van der Waals surface area contributed by atoms with Crippen LogP contribution in [-0.2, 0) is 23.8 Å². The van der Waals surface area contributed by atoms with Gasteiger partial charge in [0.1, 0.15) is 12.2 Å². The lowest BCUT2D eigenvalue weighted by Crippen LogP contribution is -2.56. The van der Waals surface area contributed by atoms with Gasteiger partial charge in [-0.1, -0.05) is 117 Å². The van der Waals surface area contributed by atoms with E-state index in [0.717, 1.165) is 38.5 Å². The largest absolute Gasteiger partial charge is 0.460 e. The van der Waals surface area contributed by atoms with Crippen LogP contribution in [0.5, 0.6) is 0 Å². The molecule has 0 aromatic rings. The Kier molecular flexibility index (Phi) is 19.2. The number of urea groups is 1. The summed E-state index contributed by atoms with van der Waals surface area (Å²) in [5.74, 6) is -1.47. The average Bonchev–Trinajstić information content (AvgIpc) is 2.99. The highest BCUT2D eigenvalue weighted by Gasteiger charge is 2.45. The third-order valence-corrected chi connectivity index (χ3v) is 9.44. The Balaban J connectivity index is 1.56. The lowest BCUT2D eigenvalue weighted by atomic mass is 9.85. The third-order valence-electron chi connectivity index (χ3n) is 9.44. The number of carbonyl (C=O) groups excluding carboxylic acids is 3. The van der Waals surface area contributed by atoms with Crippen molar-refractivity contribution in [2.75, 3.05) is 13.2 Å². The summed E-state index contributed by atoms with van der Waals surface area (Å²) in [4.78, 5) is 38.3. The Hall–Kier alpha value is -1.87. The number of hydrogen-bond donors (Lipinski definition) is 3. The second kappa shape index (κ2) is 21.9. The van der Waals surface area contributed by atoms with Crippen molar-refractivity contribution in [1.82, 2.24) is 16.0 Å². The van der Waals surface area contributed by atoms with E-state index in [4.69, 9.17) is 14.2 Å². The summed E-state index contributed by atoms with van der Waals surface area (Å²) >= 11 is 0. The SMILES string of the molecule is CCCCCCCCCCCCCCCCC(C)NC(=O)N[C@H]1CCCC[C@@H]1OC(=O)CCNC(=O)C1OC(C)(C)OCC1(C)C. The van der Waals surface area contributed by atoms with Crippen LogP contribution in [0, 0.1) is 5.41 Å². The highest BCUT2D eigenvalue weighted by molar-refractivity contribution is 5.82. The minimum atomic E-state index is -0.838. The van der Waals surface area contributed by atoms with Crippen LogP contribution in [-0.4, -0.2) is 61.1 Å². The lowest BCUT2D eigenvalue weighted by Gasteiger charge is -2.44. The minimum Gasteiger partial charge on any atom is -0.460 e. The van der Waals surface area contributed by atoms with Crippen molar-refractivity contribution >= 4 is 17.9 Å². The summed E-state index contributed by atoms with van der Waals surface area (Å²) in [5, 5.41) is 8.97. The number of amides is 3. The summed E-state index contributed by atoms with van der Waals surface area (Å²) in [5.41, 5.74) is -0.481. The molecule has 4 atom stereocenters. The van der Waals surface area contributed by atoms with Crippen LogP contribution in [0.2, 0.25) is 0 Å². The molecule has 1 saturated carbocycles. The third kappa shape index (κ3) is 16.8. The van der Waals surface area contributed by atoms with Gasteiger partial charge in [-0.3, -0.25) is 9.59 Å². The molecule has 46 heavy (non-hydrogen) atoms. The average molecular weight is 652 g/mol. The first-order chi connectivity index (χ1) is 21.9. The maximum absolute atomic E-state index is 12.8. The minimum absolute atomic E-state index is 0.0599. The first kappa shape index (κ1) is 40.3. The Bertz CT molecular complexity index is 879. The predicted octanol–water partition coefficient (Wildman–Crippen LogP) is 8.08. The summed E-state index contributed by atoms with van der Waals surface area (Å²) in [7, 11) is 0. The van der Waals surface area contributed by atoms with Crippen LogP contribution in [0.25, 0.3) is 0 Å². The summed E-state index contributed by atoms with van der Waals surface area (Å²) < 4.78 is 17.4. The molecule has 3 amide bonds. The monoisotopic (exact) mass is 652 g/mol. The fourth-order valence-corrected chi connectivity index (χ4v) is 6.48. The van der Waals surface area contributed by atoms with Crippen LogP contribution in [0.4, 0.5) is 4.79 Å². The van der Waals surface area contributed by atoms with Gasteiger partial charge in [-0.15, -0.1) is 0 Å². The molecule has 2 rings (SSSR count). The number of esters is 1. The number of rotatable bonds is 22. The van der Waals surface area contributed by atoms with Crippen LogP contribution in [0.3, 0.4) is 0 Å². The molecule has 1 saturated heterocycles. The van der Waals surface area contributed by atoms with Crippen molar-refractivity contribution in [2.45, 2.75) is 200 Å². The van der Waals surface area contributed by atoms with Crippen LogP contribution in [0.15, 0.2) is 0 Å². The van der Waals surface area contributed by atoms with Gasteiger partial charge in [0, 0.05) is 18.0 Å². The molecule has 0 radical (unpaired) electrons. The molecule has 2 aliphatic rings. The number of hydrogen-bond acceptors (Lipinski definition) is 6. The molecule has 3 N–H and O–H groups in total. The fraction of sp³-hybridized carbons (Fsp3) is 0.919. The van der Waals surface area contributed by atoms with E-state index >= 15 is 0 Å². The van der Waals surface area contributed by atoms with Gasteiger partial charge in [0.25, 0.3) is 0 Å². The Morgan fingerprint density at radius 2 is 1.39 bits per heavy atom. The quantitative estimate of drug-likeness (QED) is 0.0805. The molecule has 268 valence electrons. The van der Waals surface area contributed by atoms with Gasteiger partial charge in [0.2, 0.25) is 5.91 Å². The second-order valence-corrected chi connectivity index (χ2v) is 15.0. The topological polar surface area (TPSA) is 115 Å². The molecule has 0 bridgehead atoms. The highest BCUT2D eigenvalue weighted by atomic mass is 16.7. The first-order valence-corrected chi connectivity index (χ1v) is 18.8. The van der Waals surface area contributed by atoms with Gasteiger partial charge in [-0.25, -0.2) is 4.79 Å². The van der Waals surface area contributed by atoms with E-state index in [1.807, 2.05) is 13.8 Å². The zero-order chi connectivity index (χ0) is 33.8. The number of carbonyl (C=O) groups is 3. The Morgan fingerprint density at radius 3 is 2.00 bits per heavy atom. The fourth-order valence-electron chi connectivity index (χ4n) is 6.48. The van der Waals surface area contributed by atoms with Crippen LogP contribution < -0.4 is 16.0 Å². The number of nitrogens with one attached hydrogen (secondary N) is 3. The van der Waals surface area contributed by atoms with E-state index in [2.05, 4.69) is 29.8 Å². The van der Waals surface area contributed by atoms with Gasteiger partial charge < -0.3 is 30.2 Å². The van der Waals surface area contributed by atoms with Crippen molar-refractivity contribution in [3.8, 4) is 0 Å². The van der Waals surface area contributed by atoms with Crippen molar-refractivity contribution in [1.29, 1.82) is 0 Å². The van der Waals surface area contributed by atoms with Crippen LogP contribution >= 0.6 is 0 Å². The summed E-state index contributed by atoms with van der Waals surface area (Å²) in [6.07, 6.45) is 22.2. The van der Waals surface area contributed by atoms with Gasteiger partial charge in [-0.2, -0.15) is 0 Å². The molecule has 9 nitrogen and oxygen atoms in total. The second-order valence-electron chi connectivity index (χ2n) is 15.0. The molecule has 0 spiro atoms. The first-order valence-electron chi connectivity index (χ1n) is 18.8. The molecule has 1 heterocycles. The zero-order valence-corrected chi connectivity index (χ0v) is 30.3. The smallest absolute Gasteiger partial charge is 0.315 e. The van der Waals surface area contributed by atoms with E-state index in [1.165, 1.54) is 83.5 Å². The van der Waals surface area contributed by atoms with E-state index in [1.54, 1.807) is 13.8 Å².